The van der Waals surface area contributed by atoms with Crippen LogP contribution in [0.5, 0.6) is 0 Å². The summed E-state index contributed by atoms with van der Waals surface area (Å²) in [5, 5.41) is 0. The summed E-state index contributed by atoms with van der Waals surface area (Å²) in [5.74, 6) is -0.310. The fourth-order valence-electron chi connectivity index (χ4n) is 2.29. The highest BCUT2D eigenvalue weighted by atomic mass is 35.6. The summed E-state index contributed by atoms with van der Waals surface area (Å²) in [6.45, 7) is 8.36. The summed E-state index contributed by atoms with van der Waals surface area (Å²) in [6, 6.07) is 1.25. The Bertz CT molecular complexity index is 274. The zero-order valence-corrected chi connectivity index (χ0v) is 15.7. The summed E-state index contributed by atoms with van der Waals surface area (Å²) in [5.41, 5.74) is 0. The first-order chi connectivity index (χ1) is 9.95. The largest absolute Gasteiger partial charge is 0.463 e. The quantitative estimate of drug-likeness (QED) is 0.127. The molecule has 0 aliphatic carbocycles. The average Bonchev–Trinajstić information content (AvgIpc) is 2.42. The molecule has 0 radical (unpaired) electrons. The van der Waals surface area contributed by atoms with Gasteiger partial charge in [-0.05, 0) is 12.5 Å². The van der Waals surface area contributed by atoms with Gasteiger partial charge in [0, 0.05) is 6.08 Å². The monoisotopic (exact) mass is 332 g/mol. The van der Waals surface area contributed by atoms with E-state index in [0.29, 0.717) is 6.61 Å². The van der Waals surface area contributed by atoms with Gasteiger partial charge in [-0.15, -0.1) is 0 Å². The smallest absolute Gasteiger partial charge is 0.330 e. The number of rotatable bonds is 14. The van der Waals surface area contributed by atoms with Crippen LogP contribution in [0.1, 0.15) is 64.2 Å². The topological polar surface area (TPSA) is 26.3 Å². The summed E-state index contributed by atoms with van der Waals surface area (Å²) < 4.78 is 4.93. The van der Waals surface area contributed by atoms with Crippen molar-refractivity contribution in [3.05, 3.63) is 12.7 Å². The third-order valence-corrected chi connectivity index (χ3v) is 5.69. The molecule has 0 amide bonds. The first-order valence-electron chi connectivity index (χ1n) is 8.44. The Morgan fingerprint density at radius 1 is 0.952 bits per heavy atom. The first kappa shape index (κ1) is 20.7. The zero-order chi connectivity index (χ0) is 16.0. The maximum absolute atomic E-state index is 10.8. The zero-order valence-electron chi connectivity index (χ0n) is 14.0. The van der Waals surface area contributed by atoms with E-state index < -0.39 is 7.38 Å². The van der Waals surface area contributed by atoms with Gasteiger partial charge in [0.2, 0.25) is 0 Å². The van der Waals surface area contributed by atoms with Gasteiger partial charge in [0.1, 0.15) is 7.38 Å². The minimum absolute atomic E-state index is 0.310. The van der Waals surface area contributed by atoms with E-state index in [4.69, 9.17) is 15.8 Å². The molecule has 0 fully saturated rings. The number of esters is 1. The van der Waals surface area contributed by atoms with Crippen molar-refractivity contribution >= 4 is 24.4 Å². The maximum atomic E-state index is 10.8. The molecule has 0 heterocycles. The lowest BCUT2D eigenvalue weighted by Crippen LogP contribution is -2.14. The van der Waals surface area contributed by atoms with Crippen LogP contribution in [0.4, 0.5) is 0 Å². The lowest BCUT2D eigenvalue weighted by atomic mass is 10.1. The van der Waals surface area contributed by atoms with Gasteiger partial charge < -0.3 is 4.74 Å². The van der Waals surface area contributed by atoms with E-state index in [0.717, 1.165) is 12.8 Å². The van der Waals surface area contributed by atoms with Crippen LogP contribution in [0.3, 0.4) is 0 Å². The molecule has 0 aromatic heterocycles. The van der Waals surface area contributed by atoms with Crippen molar-refractivity contribution in [3.8, 4) is 0 Å². The minimum Gasteiger partial charge on any atom is -0.463 e. The van der Waals surface area contributed by atoms with Crippen molar-refractivity contribution in [3.63, 3.8) is 0 Å². The molecule has 0 rings (SSSR count). The van der Waals surface area contributed by atoms with Crippen molar-refractivity contribution < 1.29 is 9.53 Å². The van der Waals surface area contributed by atoms with Crippen LogP contribution in [-0.4, -0.2) is 20.0 Å². The molecule has 0 aromatic carbocycles. The van der Waals surface area contributed by atoms with Gasteiger partial charge in [0.25, 0.3) is 0 Å². The molecule has 0 atom stereocenters. The number of carbonyl (C=O) groups is 1. The predicted octanol–water partition coefficient (Wildman–Crippen LogP) is 6.06. The number of ether oxygens (including phenoxy) is 1. The summed E-state index contributed by atoms with van der Waals surface area (Å²) in [6.07, 6.45) is 14.0. The van der Waals surface area contributed by atoms with Crippen LogP contribution in [0, 0.1) is 0 Å². The third-order valence-electron chi connectivity index (χ3n) is 3.58. The van der Waals surface area contributed by atoms with Gasteiger partial charge >= 0.3 is 5.97 Å². The van der Waals surface area contributed by atoms with Crippen LogP contribution < -0.4 is 0 Å². The molecule has 0 unspecified atom stereocenters. The second kappa shape index (κ2) is 13.4. The number of hydrogen-bond donors (Lipinski definition) is 0. The normalized spacial score (nSPS) is 11.4. The Hall–Kier alpha value is -0.283. The molecule has 2 nitrogen and oxygen atoms in total. The molecule has 0 N–H and O–H groups in total. The number of unbranched alkanes of at least 4 members (excludes halogenated alkanes) is 9. The highest BCUT2D eigenvalue weighted by Crippen LogP contribution is 2.19. The van der Waals surface area contributed by atoms with E-state index in [1.54, 1.807) is 0 Å². The van der Waals surface area contributed by atoms with Crippen LogP contribution in [0.2, 0.25) is 19.1 Å². The molecule has 0 aliphatic rings. The highest BCUT2D eigenvalue weighted by molar-refractivity contribution is 7.19. The van der Waals surface area contributed by atoms with Crippen molar-refractivity contribution in [1.29, 1.82) is 0 Å². The van der Waals surface area contributed by atoms with Gasteiger partial charge in [-0.1, -0.05) is 77.5 Å². The number of carbonyl (C=O) groups excluding carboxylic acids is 1. The molecule has 0 spiro atoms. The SMILES string of the molecule is C=CC(=O)OCCCCCCCCCCCC[Si](C)(C)Cl. The van der Waals surface area contributed by atoms with E-state index >= 15 is 0 Å². The average molecular weight is 333 g/mol. The summed E-state index contributed by atoms with van der Waals surface area (Å²) in [7, 11) is -1.33. The standard InChI is InChI=1S/C17H33ClO2Si/c1-4-17(19)20-15-13-11-9-7-5-6-8-10-12-14-16-21(2,3)18/h4H,1,5-16H2,2-3H3. The van der Waals surface area contributed by atoms with Crippen molar-refractivity contribution in [2.75, 3.05) is 6.61 Å². The van der Waals surface area contributed by atoms with Gasteiger partial charge in [0.05, 0.1) is 6.61 Å². The molecule has 0 saturated carbocycles. The van der Waals surface area contributed by atoms with Crippen LogP contribution >= 0.6 is 11.1 Å². The third kappa shape index (κ3) is 17.7. The van der Waals surface area contributed by atoms with E-state index in [1.165, 1.54) is 63.5 Å². The lowest BCUT2D eigenvalue weighted by molar-refractivity contribution is -0.137. The van der Waals surface area contributed by atoms with Crippen LogP contribution in [0.25, 0.3) is 0 Å². The van der Waals surface area contributed by atoms with E-state index in [2.05, 4.69) is 19.7 Å². The first-order valence-corrected chi connectivity index (χ1v) is 12.7. The van der Waals surface area contributed by atoms with Gasteiger partial charge in [-0.3, -0.25) is 0 Å². The van der Waals surface area contributed by atoms with Gasteiger partial charge in [0.15, 0.2) is 0 Å². The van der Waals surface area contributed by atoms with Gasteiger partial charge in [-0.2, -0.15) is 11.1 Å². The second-order valence-electron chi connectivity index (χ2n) is 6.38. The molecule has 0 aliphatic heterocycles. The maximum Gasteiger partial charge on any atom is 0.330 e. The van der Waals surface area contributed by atoms with E-state index in [1.807, 2.05) is 0 Å². The van der Waals surface area contributed by atoms with Crippen molar-refractivity contribution in [2.45, 2.75) is 83.3 Å². The summed E-state index contributed by atoms with van der Waals surface area (Å²) >= 11 is 6.30. The Balaban J connectivity index is 3.09. The fraction of sp³-hybridized carbons (Fsp3) is 0.824. The molecule has 0 bridgehead atoms. The van der Waals surface area contributed by atoms with E-state index in [9.17, 15) is 4.79 Å². The van der Waals surface area contributed by atoms with E-state index in [-0.39, 0.29) is 5.97 Å². The molecule has 124 valence electrons. The van der Waals surface area contributed by atoms with Crippen molar-refractivity contribution in [2.24, 2.45) is 0 Å². The Labute approximate surface area is 137 Å². The molecule has 21 heavy (non-hydrogen) atoms. The number of hydrogen-bond acceptors (Lipinski definition) is 2. The predicted molar refractivity (Wildman–Crippen MR) is 95.5 cm³/mol. The molecule has 0 saturated heterocycles. The van der Waals surface area contributed by atoms with Crippen LogP contribution in [0.15, 0.2) is 12.7 Å². The fourth-order valence-corrected chi connectivity index (χ4v) is 3.78. The van der Waals surface area contributed by atoms with Gasteiger partial charge in [-0.25, -0.2) is 4.79 Å². The highest BCUT2D eigenvalue weighted by Gasteiger charge is 2.15. The van der Waals surface area contributed by atoms with Crippen molar-refractivity contribution in [1.82, 2.24) is 0 Å². The Kier molecular flexibility index (Phi) is 13.2. The Morgan fingerprint density at radius 3 is 1.81 bits per heavy atom. The molecule has 4 heteroatoms. The number of halogens is 1. The molecular formula is C17H33ClO2Si. The Morgan fingerprint density at radius 2 is 1.38 bits per heavy atom. The second-order valence-corrected chi connectivity index (χ2v) is 13.4. The minimum atomic E-state index is -1.33. The lowest BCUT2D eigenvalue weighted by Gasteiger charge is -2.11. The molecule has 0 aromatic rings. The van der Waals surface area contributed by atoms with Crippen LogP contribution in [-0.2, 0) is 9.53 Å². The molecular weight excluding hydrogens is 300 g/mol. The summed E-state index contributed by atoms with van der Waals surface area (Å²) in [4.78, 5) is 10.8.